The maximum Gasteiger partial charge on any atom is 0.275 e. The first-order valence-corrected chi connectivity index (χ1v) is 7.30. The van der Waals surface area contributed by atoms with Crippen LogP contribution in [0, 0.1) is 0 Å². The van der Waals surface area contributed by atoms with Gasteiger partial charge in [-0.15, -0.1) is 23.7 Å². The van der Waals surface area contributed by atoms with Crippen molar-refractivity contribution >= 4 is 35.3 Å². The van der Waals surface area contributed by atoms with Gasteiger partial charge in [-0.25, -0.2) is 4.98 Å². The first-order chi connectivity index (χ1) is 9.74. The second-order valence-corrected chi connectivity index (χ2v) is 4.99. The molecule has 1 aromatic heterocycles. The molecular weight excluding hydrogens is 310 g/mol. The van der Waals surface area contributed by atoms with Gasteiger partial charge in [-0.05, 0) is 25.6 Å². The topological polar surface area (TPSA) is 77.2 Å². The maximum atomic E-state index is 12.1. The highest BCUT2D eigenvalue weighted by Crippen LogP contribution is 2.24. The molecular formula is C14H18ClN3O2S. The largest absolute Gasteiger partial charge is 0.492 e. The number of carbonyl (C=O) groups is 1. The minimum atomic E-state index is -0.239. The average molecular weight is 328 g/mol. The third kappa shape index (κ3) is 4.70. The monoisotopic (exact) mass is 327 g/mol. The predicted molar refractivity (Wildman–Crippen MR) is 87.7 cm³/mol. The summed E-state index contributed by atoms with van der Waals surface area (Å²) in [6.45, 7) is 2.98. The first kappa shape index (κ1) is 17.4. The number of hydrogen-bond acceptors (Lipinski definition) is 5. The minimum absolute atomic E-state index is 0. The number of thiazole rings is 1. The third-order valence-corrected chi connectivity index (χ3v) is 3.49. The number of aromatic nitrogens is 1. The van der Waals surface area contributed by atoms with E-state index in [1.165, 1.54) is 11.3 Å². The first-order valence-electron chi connectivity index (χ1n) is 6.42. The summed E-state index contributed by atoms with van der Waals surface area (Å²) in [7, 11) is 0. The van der Waals surface area contributed by atoms with E-state index in [1.54, 1.807) is 11.4 Å². The molecule has 0 atom stereocenters. The molecule has 1 heterocycles. The van der Waals surface area contributed by atoms with E-state index in [2.05, 4.69) is 10.3 Å². The molecule has 3 N–H and O–H groups in total. The van der Waals surface area contributed by atoms with E-state index in [9.17, 15) is 4.79 Å². The van der Waals surface area contributed by atoms with E-state index in [0.29, 0.717) is 36.7 Å². The molecule has 0 spiro atoms. The Hall–Kier alpha value is -1.63. The van der Waals surface area contributed by atoms with Crippen LogP contribution in [0.2, 0.25) is 0 Å². The predicted octanol–water partition coefficient (Wildman–Crippen LogP) is 2.72. The zero-order chi connectivity index (χ0) is 14.4. The Balaban J connectivity index is 0.00000220. The van der Waals surface area contributed by atoms with Crippen LogP contribution in [0.15, 0.2) is 29.6 Å². The van der Waals surface area contributed by atoms with Crippen molar-refractivity contribution in [2.75, 3.05) is 18.5 Å². The van der Waals surface area contributed by atoms with E-state index in [-0.39, 0.29) is 18.3 Å². The Kier molecular flexibility index (Phi) is 7.14. The van der Waals surface area contributed by atoms with E-state index in [1.807, 2.05) is 25.1 Å². The SMILES string of the molecule is CCOc1ccccc1NC(=O)c1csc(CCN)n1.Cl. The number of benzene rings is 1. The number of halogens is 1. The summed E-state index contributed by atoms with van der Waals surface area (Å²) in [6.07, 6.45) is 0.688. The van der Waals surface area contributed by atoms with Gasteiger partial charge < -0.3 is 15.8 Å². The second kappa shape index (κ2) is 8.61. The number of carbonyl (C=O) groups excluding carboxylic acids is 1. The van der Waals surface area contributed by atoms with Gasteiger partial charge in [0.2, 0.25) is 0 Å². The quantitative estimate of drug-likeness (QED) is 0.855. The van der Waals surface area contributed by atoms with E-state index >= 15 is 0 Å². The summed E-state index contributed by atoms with van der Waals surface area (Å²) in [5, 5.41) is 5.43. The number of anilines is 1. The van der Waals surface area contributed by atoms with Gasteiger partial charge >= 0.3 is 0 Å². The molecule has 0 aliphatic carbocycles. The molecule has 1 amide bonds. The summed E-state index contributed by atoms with van der Waals surface area (Å²) < 4.78 is 5.47. The lowest BCUT2D eigenvalue weighted by Gasteiger charge is -2.10. The van der Waals surface area contributed by atoms with E-state index < -0.39 is 0 Å². The fourth-order valence-electron chi connectivity index (χ4n) is 1.69. The molecule has 2 aromatic rings. The summed E-state index contributed by atoms with van der Waals surface area (Å²) >= 11 is 1.44. The Morgan fingerprint density at radius 3 is 2.90 bits per heavy atom. The molecule has 0 aliphatic rings. The number of ether oxygens (including phenoxy) is 1. The molecule has 0 aliphatic heterocycles. The van der Waals surface area contributed by atoms with Crippen LogP contribution in [0.1, 0.15) is 22.4 Å². The van der Waals surface area contributed by atoms with Crippen molar-refractivity contribution in [1.82, 2.24) is 4.98 Å². The van der Waals surface area contributed by atoms with E-state index in [4.69, 9.17) is 10.5 Å². The number of nitrogens with one attached hydrogen (secondary N) is 1. The fraction of sp³-hybridized carbons (Fsp3) is 0.286. The van der Waals surface area contributed by atoms with Crippen LogP contribution < -0.4 is 15.8 Å². The molecule has 0 unspecified atom stereocenters. The summed E-state index contributed by atoms with van der Waals surface area (Å²) in [4.78, 5) is 16.4. The second-order valence-electron chi connectivity index (χ2n) is 4.05. The van der Waals surface area contributed by atoms with Crippen LogP contribution in [-0.2, 0) is 6.42 Å². The van der Waals surface area contributed by atoms with Crippen LogP contribution in [0.4, 0.5) is 5.69 Å². The number of rotatable bonds is 6. The minimum Gasteiger partial charge on any atom is -0.492 e. The summed E-state index contributed by atoms with van der Waals surface area (Å²) in [6, 6.07) is 7.33. The van der Waals surface area contributed by atoms with Crippen molar-refractivity contribution < 1.29 is 9.53 Å². The Labute approximate surface area is 133 Å². The van der Waals surface area contributed by atoms with Crippen molar-refractivity contribution in [3.05, 3.63) is 40.3 Å². The lowest BCUT2D eigenvalue weighted by atomic mass is 10.3. The molecule has 5 nitrogen and oxygen atoms in total. The van der Waals surface area contributed by atoms with Crippen LogP contribution in [0.3, 0.4) is 0 Å². The van der Waals surface area contributed by atoms with Gasteiger partial charge in [0.15, 0.2) is 0 Å². The molecule has 0 saturated carbocycles. The van der Waals surface area contributed by atoms with Crippen molar-refractivity contribution in [3.8, 4) is 5.75 Å². The Bertz CT molecular complexity index is 589. The highest BCUT2D eigenvalue weighted by Gasteiger charge is 2.12. The van der Waals surface area contributed by atoms with Crippen LogP contribution in [0.5, 0.6) is 5.75 Å². The smallest absolute Gasteiger partial charge is 0.275 e. The number of para-hydroxylation sites is 2. The Morgan fingerprint density at radius 2 is 2.19 bits per heavy atom. The average Bonchev–Trinajstić information content (AvgIpc) is 2.90. The number of hydrogen-bond donors (Lipinski definition) is 2. The highest BCUT2D eigenvalue weighted by atomic mass is 35.5. The number of amides is 1. The highest BCUT2D eigenvalue weighted by molar-refractivity contribution is 7.09. The van der Waals surface area contributed by atoms with Gasteiger partial charge in [0, 0.05) is 11.8 Å². The Morgan fingerprint density at radius 1 is 1.43 bits per heavy atom. The van der Waals surface area contributed by atoms with Crippen molar-refractivity contribution in [2.24, 2.45) is 5.73 Å². The standard InChI is InChI=1S/C14H17N3O2S.ClH/c1-2-19-12-6-4-3-5-10(12)17-14(18)11-9-20-13(16-11)7-8-15;/h3-6,9H,2,7-8,15H2,1H3,(H,17,18);1H. The molecule has 114 valence electrons. The van der Waals surface area contributed by atoms with Crippen LogP contribution in [-0.4, -0.2) is 24.0 Å². The normalized spacial score (nSPS) is 9.81. The molecule has 21 heavy (non-hydrogen) atoms. The van der Waals surface area contributed by atoms with Gasteiger partial charge in [-0.1, -0.05) is 12.1 Å². The number of nitrogens with two attached hydrogens (primary N) is 1. The third-order valence-electron chi connectivity index (χ3n) is 2.58. The van der Waals surface area contributed by atoms with E-state index in [0.717, 1.165) is 5.01 Å². The zero-order valence-electron chi connectivity index (χ0n) is 11.7. The van der Waals surface area contributed by atoms with Crippen molar-refractivity contribution in [1.29, 1.82) is 0 Å². The molecule has 0 radical (unpaired) electrons. The molecule has 1 aromatic carbocycles. The number of nitrogens with zero attached hydrogens (tertiary/aromatic N) is 1. The van der Waals surface area contributed by atoms with Gasteiger partial charge in [-0.3, -0.25) is 4.79 Å². The van der Waals surface area contributed by atoms with Gasteiger partial charge in [0.05, 0.1) is 17.3 Å². The molecule has 0 fully saturated rings. The molecule has 2 rings (SSSR count). The van der Waals surface area contributed by atoms with Crippen LogP contribution in [0.25, 0.3) is 0 Å². The van der Waals surface area contributed by atoms with Crippen molar-refractivity contribution in [2.45, 2.75) is 13.3 Å². The van der Waals surface area contributed by atoms with Gasteiger partial charge in [0.25, 0.3) is 5.91 Å². The molecule has 0 saturated heterocycles. The lowest BCUT2D eigenvalue weighted by molar-refractivity contribution is 0.102. The molecule has 7 heteroatoms. The van der Waals surface area contributed by atoms with Crippen LogP contribution >= 0.6 is 23.7 Å². The maximum absolute atomic E-state index is 12.1. The van der Waals surface area contributed by atoms with Crippen molar-refractivity contribution in [3.63, 3.8) is 0 Å². The fourth-order valence-corrected chi connectivity index (χ4v) is 2.49. The summed E-state index contributed by atoms with van der Waals surface area (Å²) in [5.74, 6) is 0.414. The van der Waals surface area contributed by atoms with Gasteiger partial charge in [0.1, 0.15) is 11.4 Å². The zero-order valence-corrected chi connectivity index (χ0v) is 13.3. The molecule has 0 bridgehead atoms. The lowest BCUT2D eigenvalue weighted by Crippen LogP contribution is -2.13. The summed E-state index contributed by atoms with van der Waals surface area (Å²) in [5.41, 5.74) is 6.53. The van der Waals surface area contributed by atoms with Gasteiger partial charge in [-0.2, -0.15) is 0 Å².